The molecule has 1 saturated heterocycles. The van der Waals surface area contributed by atoms with Crippen LogP contribution >= 0.6 is 0 Å². The van der Waals surface area contributed by atoms with E-state index in [2.05, 4.69) is 10.2 Å². The van der Waals surface area contributed by atoms with Gasteiger partial charge in [0.2, 0.25) is 5.91 Å². The maximum Gasteiger partial charge on any atom is 0.249 e. The average Bonchev–Trinajstić information content (AvgIpc) is 2.96. The maximum atomic E-state index is 12.4. The molecule has 1 aliphatic rings. The van der Waals surface area contributed by atoms with Crippen LogP contribution in [0, 0.1) is 0 Å². The number of amides is 1. The second kappa shape index (κ2) is 7.54. The van der Waals surface area contributed by atoms with Gasteiger partial charge in [-0.15, -0.1) is 0 Å². The molecule has 1 aromatic rings. The molecule has 1 aromatic carbocycles. The van der Waals surface area contributed by atoms with Crippen molar-refractivity contribution in [3.05, 3.63) is 35.9 Å². The highest BCUT2D eigenvalue weighted by Crippen LogP contribution is 2.21. The van der Waals surface area contributed by atoms with Crippen LogP contribution < -0.4 is 11.1 Å². The molecule has 0 bridgehead atoms. The van der Waals surface area contributed by atoms with E-state index >= 15 is 0 Å². The number of benzene rings is 1. The molecule has 2 rings (SSSR count). The maximum absolute atomic E-state index is 12.4. The molecule has 1 fully saturated rings. The van der Waals surface area contributed by atoms with E-state index in [4.69, 9.17) is 10.5 Å². The molecule has 0 aromatic heterocycles. The van der Waals surface area contributed by atoms with E-state index in [0.29, 0.717) is 6.54 Å². The number of nitrogens with zero attached hydrogens (tertiary/aromatic N) is 1. The first-order valence-corrected chi connectivity index (χ1v) is 7.45. The molecule has 0 spiro atoms. The molecular formula is C16H25N3O2. The van der Waals surface area contributed by atoms with Crippen molar-refractivity contribution in [3.63, 3.8) is 0 Å². The molecule has 0 saturated carbocycles. The second-order valence-electron chi connectivity index (χ2n) is 5.79. The van der Waals surface area contributed by atoms with Gasteiger partial charge >= 0.3 is 0 Å². The average molecular weight is 291 g/mol. The van der Waals surface area contributed by atoms with E-state index in [9.17, 15) is 4.79 Å². The smallest absolute Gasteiger partial charge is 0.249 e. The molecule has 1 heterocycles. The van der Waals surface area contributed by atoms with Gasteiger partial charge in [-0.2, -0.15) is 0 Å². The van der Waals surface area contributed by atoms with Crippen molar-refractivity contribution in [2.24, 2.45) is 5.73 Å². The minimum absolute atomic E-state index is 0.0183. The zero-order valence-electron chi connectivity index (χ0n) is 12.8. The molecule has 3 atom stereocenters. The van der Waals surface area contributed by atoms with Crippen molar-refractivity contribution in [1.29, 1.82) is 0 Å². The number of hydrogen-bond acceptors (Lipinski definition) is 4. The third kappa shape index (κ3) is 4.52. The minimum atomic E-state index is -0.369. The van der Waals surface area contributed by atoms with Gasteiger partial charge in [0.25, 0.3) is 0 Å². The van der Waals surface area contributed by atoms with Crippen LogP contribution in [-0.4, -0.2) is 50.2 Å². The van der Waals surface area contributed by atoms with Gasteiger partial charge in [0.15, 0.2) is 0 Å². The van der Waals surface area contributed by atoms with Crippen LogP contribution in [0.15, 0.2) is 30.3 Å². The summed E-state index contributed by atoms with van der Waals surface area (Å²) in [5.41, 5.74) is 6.70. The lowest BCUT2D eigenvalue weighted by Gasteiger charge is -2.24. The number of nitrogens with two attached hydrogens (primary N) is 1. The molecular weight excluding hydrogens is 266 g/mol. The van der Waals surface area contributed by atoms with E-state index < -0.39 is 0 Å². The molecule has 5 heteroatoms. The van der Waals surface area contributed by atoms with Crippen LogP contribution in [0.1, 0.15) is 24.4 Å². The van der Waals surface area contributed by atoms with E-state index in [-0.39, 0.29) is 24.2 Å². The quantitative estimate of drug-likeness (QED) is 0.817. The summed E-state index contributed by atoms with van der Waals surface area (Å²) in [5.74, 6) is -0.0401. The molecule has 1 unspecified atom stereocenters. The second-order valence-corrected chi connectivity index (χ2v) is 5.79. The Balaban J connectivity index is 2.00. The lowest BCUT2D eigenvalue weighted by atomic mass is 10.1. The molecule has 0 radical (unpaired) electrons. The summed E-state index contributed by atoms with van der Waals surface area (Å²) in [6.07, 6.45) is 1.26. The van der Waals surface area contributed by atoms with Gasteiger partial charge in [0.1, 0.15) is 6.10 Å². The Bertz CT molecular complexity index is 450. The summed E-state index contributed by atoms with van der Waals surface area (Å²) >= 11 is 0. The van der Waals surface area contributed by atoms with Gasteiger partial charge < -0.3 is 20.7 Å². The summed E-state index contributed by atoms with van der Waals surface area (Å²) in [6, 6.07) is 9.99. The minimum Gasteiger partial charge on any atom is -0.364 e. The van der Waals surface area contributed by atoms with Gasteiger partial charge in [0, 0.05) is 13.1 Å². The molecule has 5 nitrogen and oxygen atoms in total. The van der Waals surface area contributed by atoms with Gasteiger partial charge in [-0.1, -0.05) is 30.3 Å². The van der Waals surface area contributed by atoms with Crippen LogP contribution in [0.3, 0.4) is 0 Å². The fourth-order valence-corrected chi connectivity index (χ4v) is 2.62. The molecule has 3 N–H and O–H groups in total. The highest BCUT2D eigenvalue weighted by atomic mass is 16.5. The molecule has 1 aliphatic heterocycles. The van der Waals surface area contributed by atoms with Gasteiger partial charge in [-0.05, 0) is 32.5 Å². The third-order valence-electron chi connectivity index (χ3n) is 3.73. The van der Waals surface area contributed by atoms with Crippen molar-refractivity contribution < 1.29 is 9.53 Å². The van der Waals surface area contributed by atoms with Gasteiger partial charge in [-0.25, -0.2) is 0 Å². The standard InChI is InChI=1S/C16H25N3O2/c1-19(2)11-14(12-6-4-3-5-7-12)18-16(20)15-9-8-13(10-17)21-15/h3-7,13-15H,8-11,17H2,1-2H3,(H,18,20)/t13-,14?,15+/m1/s1. The number of nitrogens with one attached hydrogen (secondary N) is 1. The van der Waals surface area contributed by atoms with Crippen molar-refractivity contribution >= 4 is 5.91 Å². The summed E-state index contributed by atoms with van der Waals surface area (Å²) < 4.78 is 5.66. The summed E-state index contributed by atoms with van der Waals surface area (Å²) in [7, 11) is 4.00. The number of likely N-dealkylation sites (N-methyl/N-ethyl adjacent to an activating group) is 1. The highest BCUT2D eigenvalue weighted by Gasteiger charge is 2.31. The summed E-state index contributed by atoms with van der Waals surface area (Å²) in [4.78, 5) is 14.4. The van der Waals surface area contributed by atoms with Crippen LogP contribution in [0.25, 0.3) is 0 Å². The Kier molecular flexibility index (Phi) is 5.73. The Morgan fingerprint density at radius 3 is 2.67 bits per heavy atom. The first-order valence-electron chi connectivity index (χ1n) is 7.45. The van der Waals surface area contributed by atoms with Crippen molar-refractivity contribution in [2.75, 3.05) is 27.2 Å². The van der Waals surface area contributed by atoms with E-state index in [1.807, 2.05) is 44.4 Å². The largest absolute Gasteiger partial charge is 0.364 e. The molecule has 116 valence electrons. The summed E-state index contributed by atoms with van der Waals surface area (Å²) in [6.45, 7) is 1.23. The Hall–Kier alpha value is -1.43. The van der Waals surface area contributed by atoms with Crippen LogP contribution in [0.2, 0.25) is 0 Å². The van der Waals surface area contributed by atoms with E-state index in [1.54, 1.807) is 0 Å². The van der Waals surface area contributed by atoms with E-state index in [1.165, 1.54) is 0 Å². The van der Waals surface area contributed by atoms with Crippen molar-refractivity contribution in [2.45, 2.75) is 31.1 Å². The monoisotopic (exact) mass is 291 g/mol. The van der Waals surface area contributed by atoms with Crippen molar-refractivity contribution in [3.8, 4) is 0 Å². The lowest BCUT2D eigenvalue weighted by Crippen LogP contribution is -2.41. The lowest BCUT2D eigenvalue weighted by molar-refractivity contribution is -0.132. The predicted octanol–water partition coefficient (Wildman–Crippen LogP) is 0.912. The fraction of sp³-hybridized carbons (Fsp3) is 0.562. The SMILES string of the molecule is CN(C)CC(NC(=O)[C@@H]1CC[C@H](CN)O1)c1ccccc1. The van der Waals surface area contributed by atoms with Gasteiger partial charge in [0.05, 0.1) is 12.1 Å². The number of carbonyl (C=O) groups excluding carboxylic acids is 1. The first kappa shape index (κ1) is 15.9. The van der Waals surface area contributed by atoms with Gasteiger partial charge in [-0.3, -0.25) is 4.79 Å². The topological polar surface area (TPSA) is 67.6 Å². The number of ether oxygens (including phenoxy) is 1. The van der Waals surface area contributed by atoms with Crippen LogP contribution in [-0.2, 0) is 9.53 Å². The highest BCUT2D eigenvalue weighted by molar-refractivity contribution is 5.81. The first-order chi connectivity index (χ1) is 10.1. The van der Waals surface area contributed by atoms with Crippen LogP contribution in [0.4, 0.5) is 0 Å². The zero-order chi connectivity index (χ0) is 15.2. The Morgan fingerprint density at radius 2 is 2.10 bits per heavy atom. The normalized spacial score (nSPS) is 23.2. The number of rotatable bonds is 6. The third-order valence-corrected chi connectivity index (χ3v) is 3.73. The Labute approximate surface area is 126 Å². The van der Waals surface area contributed by atoms with Crippen molar-refractivity contribution in [1.82, 2.24) is 10.2 Å². The van der Waals surface area contributed by atoms with Crippen LogP contribution in [0.5, 0.6) is 0 Å². The predicted molar refractivity (Wildman–Crippen MR) is 82.8 cm³/mol. The number of carbonyl (C=O) groups is 1. The molecule has 21 heavy (non-hydrogen) atoms. The van der Waals surface area contributed by atoms with E-state index in [0.717, 1.165) is 24.9 Å². The fourth-order valence-electron chi connectivity index (χ4n) is 2.62. The molecule has 0 aliphatic carbocycles. The zero-order valence-corrected chi connectivity index (χ0v) is 12.8. The summed E-state index contributed by atoms with van der Waals surface area (Å²) in [5, 5.41) is 3.10. The number of hydrogen-bond donors (Lipinski definition) is 2. The molecule has 1 amide bonds. The Morgan fingerprint density at radius 1 is 1.38 bits per heavy atom.